The Morgan fingerprint density at radius 3 is 2.79 bits per heavy atom. The van der Waals surface area contributed by atoms with Gasteiger partial charge in [-0.3, -0.25) is 9.89 Å². The van der Waals surface area contributed by atoms with Crippen LogP contribution in [-0.2, 0) is 11.2 Å². The van der Waals surface area contributed by atoms with Crippen LogP contribution >= 0.6 is 23.4 Å². The average Bonchev–Trinajstić information content (AvgIpc) is 3.40. The number of carbonyl (C=O) groups is 1. The number of aromatic nitrogens is 4. The van der Waals surface area contributed by atoms with E-state index in [4.69, 9.17) is 11.6 Å². The van der Waals surface area contributed by atoms with Crippen molar-refractivity contribution in [2.45, 2.75) is 36.2 Å². The van der Waals surface area contributed by atoms with Crippen molar-refractivity contribution in [3.8, 4) is 0 Å². The fourth-order valence-corrected chi connectivity index (χ4v) is 3.72. The molecule has 0 bridgehead atoms. The van der Waals surface area contributed by atoms with Crippen molar-refractivity contribution >= 4 is 40.8 Å². The van der Waals surface area contributed by atoms with Gasteiger partial charge < -0.3 is 5.32 Å². The van der Waals surface area contributed by atoms with Gasteiger partial charge in [-0.2, -0.15) is 5.10 Å². The zero-order valence-electron chi connectivity index (χ0n) is 15.0. The molecule has 1 saturated carbocycles. The van der Waals surface area contributed by atoms with Crippen molar-refractivity contribution < 1.29 is 9.18 Å². The van der Waals surface area contributed by atoms with E-state index in [-0.39, 0.29) is 23.3 Å². The van der Waals surface area contributed by atoms with Gasteiger partial charge in [0.2, 0.25) is 0 Å². The lowest BCUT2D eigenvalue weighted by molar-refractivity contribution is -0.119. The van der Waals surface area contributed by atoms with Crippen molar-refractivity contribution in [2.75, 3.05) is 5.32 Å². The number of aromatic amines is 1. The Morgan fingerprint density at radius 2 is 2.11 bits per heavy atom. The summed E-state index contributed by atoms with van der Waals surface area (Å²) in [6, 6.07) is 8.20. The number of H-pyrrole nitrogens is 1. The Morgan fingerprint density at radius 1 is 1.29 bits per heavy atom. The molecule has 28 heavy (non-hydrogen) atoms. The van der Waals surface area contributed by atoms with Crippen LogP contribution in [0.25, 0.3) is 0 Å². The molecule has 1 aliphatic rings. The van der Waals surface area contributed by atoms with Crippen LogP contribution in [0.5, 0.6) is 0 Å². The number of nitrogens with one attached hydrogen (secondary N) is 2. The summed E-state index contributed by atoms with van der Waals surface area (Å²) in [5, 5.41) is 10.5. The molecule has 0 saturated heterocycles. The zero-order valence-corrected chi connectivity index (χ0v) is 16.6. The predicted molar refractivity (Wildman–Crippen MR) is 106 cm³/mol. The third-order valence-electron chi connectivity index (χ3n) is 4.25. The normalized spacial score (nSPS) is 13.5. The highest BCUT2D eigenvalue weighted by Gasteiger charge is 2.29. The summed E-state index contributed by atoms with van der Waals surface area (Å²) < 4.78 is 14.5. The van der Waals surface area contributed by atoms with Gasteiger partial charge in [0, 0.05) is 30.2 Å². The molecule has 1 fully saturated rings. The fourth-order valence-electron chi connectivity index (χ4n) is 2.71. The van der Waals surface area contributed by atoms with E-state index >= 15 is 0 Å². The highest BCUT2D eigenvalue weighted by molar-refractivity contribution is 7.99. The van der Waals surface area contributed by atoms with Crippen LogP contribution in [0, 0.1) is 18.7 Å². The molecular weight excluding hydrogens is 401 g/mol. The fraction of sp³-hybridized carbons (Fsp3) is 0.263. The molecule has 1 aromatic carbocycles. The van der Waals surface area contributed by atoms with E-state index in [0.29, 0.717) is 27.3 Å². The first-order chi connectivity index (χ1) is 13.5. The predicted octanol–water partition coefficient (Wildman–Crippen LogP) is 4.72. The number of ketones is 1. The minimum atomic E-state index is -0.410. The van der Waals surface area contributed by atoms with E-state index in [2.05, 4.69) is 25.5 Å². The summed E-state index contributed by atoms with van der Waals surface area (Å²) in [5.74, 6) is 0.996. The van der Waals surface area contributed by atoms with Crippen LogP contribution in [0.2, 0.25) is 5.15 Å². The zero-order chi connectivity index (χ0) is 19.7. The number of rotatable bonds is 7. The molecule has 0 unspecified atom stereocenters. The maximum Gasteiger partial charge on any atom is 0.195 e. The van der Waals surface area contributed by atoms with Gasteiger partial charge in [0.25, 0.3) is 0 Å². The van der Waals surface area contributed by atoms with Crippen LogP contribution in [0.15, 0.2) is 40.4 Å². The average molecular weight is 418 g/mol. The Hall–Kier alpha value is -2.45. The lowest BCUT2D eigenvalue weighted by Crippen LogP contribution is -2.05. The first-order valence-electron chi connectivity index (χ1n) is 8.79. The van der Waals surface area contributed by atoms with Crippen LogP contribution in [-0.4, -0.2) is 25.9 Å². The van der Waals surface area contributed by atoms with Crippen LogP contribution in [0.3, 0.4) is 0 Å². The molecule has 6 nitrogen and oxygen atoms in total. The topological polar surface area (TPSA) is 83.6 Å². The van der Waals surface area contributed by atoms with Crippen molar-refractivity contribution in [1.82, 2.24) is 20.2 Å². The first kappa shape index (κ1) is 18.9. The number of Topliss-reactive ketones (excluding diaryl/α,β-unsaturated/α-hetero) is 1. The summed E-state index contributed by atoms with van der Waals surface area (Å²) in [5.41, 5.74) is 1.58. The second-order valence-corrected chi connectivity index (χ2v) is 8.10. The molecule has 2 N–H and O–H groups in total. The highest BCUT2D eigenvalue weighted by atomic mass is 35.5. The maximum atomic E-state index is 14.5. The molecule has 9 heteroatoms. The van der Waals surface area contributed by atoms with E-state index in [1.54, 1.807) is 18.2 Å². The number of halogens is 2. The molecule has 1 aliphatic carbocycles. The van der Waals surface area contributed by atoms with Crippen LogP contribution in [0.4, 0.5) is 16.0 Å². The number of benzene rings is 1. The number of nitrogens with zero attached hydrogens (tertiary/aromatic N) is 3. The molecular formula is C19H17ClFN5OS. The lowest BCUT2D eigenvalue weighted by Gasteiger charge is -2.07. The van der Waals surface area contributed by atoms with Gasteiger partial charge in [0.15, 0.2) is 11.0 Å². The Kier molecular flexibility index (Phi) is 5.32. The van der Waals surface area contributed by atoms with Gasteiger partial charge in [-0.15, -0.1) is 0 Å². The van der Waals surface area contributed by atoms with Gasteiger partial charge in [-0.25, -0.2) is 14.4 Å². The Balaban J connectivity index is 1.49. The van der Waals surface area contributed by atoms with Gasteiger partial charge in [0.1, 0.15) is 22.6 Å². The molecule has 3 aromatic rings. The van der Waals surface area contributed by atoms with Crippen LogP contribution in [0.1, 0.15) is 24.1 Å². The Bertz CT molecular complexity index is 1040. The van der Waals surface area contributed by atoms with E-state index in [1.807, 2.05) is 13.0 Å². The highest BCUT2D eigenvalue weighted by Crippen LogP contribution is 2.33. The third-order valence-corrected chi connectivity index (χ3v) is 5.35. The van der Waals surface area contributed by atoms with Crippen LogP contribution < -0.4 is 5.32 Å². The lowest BCUT2D eigenvalue weighted by atomic mass is 10.1. The summed E-state index contributed by atoms with van der Waals surface area (Å²) in [7, 11) is 0. The number of carbonyl (C=O) groups excluding carboxylic acids is 1. The second-order valence-electron chi connectivity index (χ2n) is 6.70. The van der Waals surface area contributed by atoms with Crippen molar-refractivity contribution in [3.05, 3.63) is 52.6 Å². The van der Waals surface area contributed by atoms with Crippen molar-refractivity contribution in [2.24, 2.45) is 5.92 Å². The summed E-state index contributed by atoms with van der Waals surface area (Å²) in [4.78, 5) is 20.8. The van der Waals surface area contributed by atoms with E-state index < -0.39 is 5.82 Å². The van der Waals surface area contributed by atoms with E-state index in [0.717, 1.165) is 30.3 Å². The molecule has 0 spiro atoms. The van der Waals surface area contributed by atoms with E-state index in [1.165, 1.54) is 6.07 Å². The number of hydrogen-bond donors (Lipinski definition) is 2. The molecule has 0 radical (unpaired) electrons. The molecule has 0 atom stereocenters. The summed E-state index contributed by atoms with van der Waals surface area (Å²) in [6.07, 6.45) is 2.18. The van der Waals surface area contributed by atoms with Crippen molar-refractivity contribution in [1.29, 1.82) is 0 Å². The minimum absolute atomic E-state index is 0.168. The smallest absolute Gasteiger partial charge is 0.195 e. The first-order valence-corrected chi connectivity index (χ1v) is 9.98. The quantitative estimate of drug-likeness (QED) is 0.427. The molecule has 0 amide bonds. The van der Waals surface area contributed by atoms with Crippen molar-refractivity contribution in [3.63, 3.8) is 0 Å². The number of hydrogen-bond acceptors (Lipinski definition) is 6. The largest absolute Gasteiger partial charge is 0.323 e. The molecule has 2 aromatic heterocycles. The summed E-state index contributed by atoms with van der Waals surface area (Å²) in [6.45, 7) is 1.89. The van der Waals surface area contributed by atoms with Gasteiger partial charge >= 0.3 is 0 Å². The molecule has 4 rings (SSSR count). The minimum Gasteiger partial charge on any atom is -0.323 e. The monoisotopic (exact) mass is 417 g/mol. The second kappa shape index (κ2) is 7.89. The van der Waals surface area contributed by atoms with E-state index in [9.17, 15) is 9.18 Å². The third kappa shape index (κ3) is 4.69. The van der Waals surface area contributed by atoms with Gasteiger partial charge in [-0.1, -0.05) is 17.7 Å². The SMILES string of the molecule is Cc1cc(Nc2cc(Cl)nc(Sc3ccc(CC(=O)C4CC4)cc3F)n2)n[nH]1. The number of aryl methyl sites for hydroxylation is 1. The van der Waals surface area contributed by atoms with Gasteiger partial charge in [-0.05, 0) is 49.2 Å². The van der Waals surface area contributed by atoms with Gasteiger partial charge in [0.05, 0.1) is 4.90 Å². The number of anilines is 2. The summed E-state index contributed by atoms with van der Waals surface area (Å²) >= 11 is 7.15. The standard InChI is InChI=1S/C19H17ClFN5OS/c1-10-6-18(26-25-10)23-17-9-16(20)22-19(24-17)28-15-5-2-11(7-13(15)21)8-14(27)12-3-4-12/h2,5-7,9,12H,3-4,8H2,1H3,(H2,22,23,24,25,26). The maximum absolute atomic E-state index is 14.5. The molecule has 144 valence electrons. The molecule has 2 heterocycles. The molecule has 0 aliphatic heterocycles. The Labute approximate surface area is 170 Å².